The molecule has 2 N–H and O–H groups in total. The predicted octanol–water partition coefficient (Wildman–Crippen LogP) is 4.16. The highest BCUT2D eigenvalue weighted by Crippen LogP contribution is 2.37. The molecule has 1 aromatic rings. The van der Waals surface area contributed by atoms with Gasteiger partial charge in [-0.1, -0.05) is 19.1 Å². The standard InChI is InChI=1S/C17H23F3N2O.ClH/c1-10(11(2)21)16(23)22(15-7-8-15)12(3)13-5-4-6-14(9-13)17(18,19)20;/h4-6,9-12,15H,7-8,21H2,1-3H3;1H. The van der Waals surface area contributed by atoms with E-state index in [0.717, 1.165) is 25.0 Å². The van der Waals surface area contributed by atoms with Gasteiger partial charge in [0, 0.05) is 12.1 Å². The third kappa shape index (κ3) is 4.63. The second-order valence-electron chi connectivity index (χ2n) is 6.42. The van der Waals surface area contributed by atoms with Crippen LogP contribution in [0.3, 0.4) is 0 Å². The molecule has 0 bridgehead atoms. The topological polar surface area (TPSA) is 46.3 Å². The number of alkyl halides is 3. The van der Waals surface area contributed by atoms with Crippen molar-refractivity contribution in [3.8, 4) is 0 Å². The van der Waals surface area contributed by atoms with Gasteiger partial charge >= 0.3 is 6.18 Å². The number of hydrogen-bond donors (Lipinski definition) is 1. The largest absolute Gasteiger partial charge is 0.416 e. The average molecular weight is 365 g/mol. The zero-order valence-corrected chi connectivity index (χ0v) is 14.8. The molecule has 1 saturated carbocycles. The van der Waals surface area contributed by atoms with Crippen LogP contribution in [0.15, 0.2) is 24.3 Å². The summed E-state index contributed by atoms with van der Waals surface area (Å²) in [5.74, 6) is -0.448. The van der Waals surface area contributed by atoms with Crippen LogP contribution < -0.4 is 5.73 Å². The SMILES string of the molecule is CC(N)C(C)C(=O)N(C1CC1)C(C)c1cccc(C(F)(F)F)c1.Cl. The predicted molar refractivity (Wildman–Crippen MR) is 89.8 cm³/mol. The normalized spacial score (nSPS) is 18.3. The summed E-state index contributed by atoms with van der Waals surface area (Å²) in [7, 11) is 0. The summed E-state index contributed by atoms with van der Waals surface area (Å²) in [6.45, 7) is 5.31. The minimum Gasteiger partial charge on any atom is -0.333 e. The van der Waals surface area contributed by atoms with E-state index < -0.39 is 17.8 Å². The van der Waals surface area contributed by atoms with Crippen molar-refractivity contribution in [2.45, 2.75) is 57.9 Å². The lowest BCUT2D eigenvalue weighted by molar-refractivity contribution is -0.138. The first-order chi connectivity index (χ1) is 10.6. The fraction of sp³-hybridized carbons (Fsp3) is 0.588. The van der Waals surface area contributed by atoms with E-state index in [-0.39, 0.29) is 36.3 Å². The van der Waals surface area contributed by atoms with Gasteiger partial charge in [-0.05, 0) is 44.4 Å². The number of rotatable bonds is 5. The van der Waals surface area contributed by atoms with Crippen molar-refractivity contribution in [2.24, 2.45) is 11.7 Å². The van der Waals surface area contributed by atoms with Gasteiger partial charge in [0.1, 0.15) is 0 Å². The first kappa shape index (κ1) is 20.8. The fourth-order valence-electron chi connectivity index (χ4n) is 2.64. The summed E-state index contributed by atoms with van der Waals surface area (Å²) in [6, 6.07) is 4.61. The number of amides is 1. The van der Waals surface area contributed by atoms with Crippen molar-refractivity contribution >= 4 is 18.3 Å². The van der Waals surface area contributed by atoms with Crippen LogP contribution in [0.1, 0.15) is 50.8 Å². The van der Waals surface area contributed by atoms with Crippen LogP contribution in [0.2, 0.25) is 0 Å². The number of carbonyl (C=O) groups excluding carboxylic acids is 1. The highest BCUT2D eigenvalue weighted by Gasteiger charge is 2.39. The number of benzene rings is 1. The van der Waals surface area contributed by atoms with Crippen LogP contribution in [0.25, 0.3) is 0 Å². The van der Waals surface area contributed by atoms with E-state index in [0.29, 0.717) is 5.56 Å². The van der Waals surface area contributed by atoms with E-state index in [4.69, 9.17) is 5.73 Å². The van der Waals surface area contributed by atoms with E-state index in [1.54, 1.807) is 31.7 Å². The van der Waals surface area contributed by atoms with Crippen molar-refractivity contribution in [3.63, 3.8) is 0 Å². The lowest BCUT2D eigenvalue weighted by Crippen LogP contribution is -2.44. The van der Waals surface area contributed by atoms with E-state index in [1.807, 2.05) is 0 Å². The monoisotopic (exact) mass is 364 g/mol. The highest BCUT2D eigenvalue weighted by atomic mass is 35.5. The molecule has 0 aliphatic heterocycles. The van der Waals surface area contributed by atoms with Gasteiger partial charge in [0.15, 0.2) is 0 Å². The van der Waals surface area contributed by atoms with Crippen molar-refractivity contribution in [1.82, 2.24) is 4.90 Å². The fourth-order valence-corrected chi connectivity index (χ4v) is 2.64. The molecule has 1 amide bonds. The van der Waals surface area contributed by atoms with Crippen LogP contribution in [0, 0.1) is 5.92 Å². The second kappa shape index (κ2) is 7.74. The zero-order chi connectivity index (χ0) is 17.4. The van der Waals surface area contributed by atoms with Gasteiger partial charge in [-0.15, -0.1) is 12.4 Å². The number of nitrogens with zero attached hydrogens (tertiary/aromatic N) is 1. The third-order valence-electron chi connectivity index (χ3n) is 4.49. The van der Waals surface area contributed by atoms with Gasteiger partial charge in [0.25, 0.3) is 0 Å². The Bertz CT molecular complexity index is 573. The third-order valence-corrected chi connectivity index (χ3v) is 4.49. The van der Waals surface area contributed by atoms with Crippen molar-refractivity contribution in [1.29, 1.82) is 0 Å². The molecule has 0 radical (unpaired) electrons. The minimum absolute atomic E-state index is 0. The molecule has 0 heterocycles. The van der Waals surface area contributed by atoms with Crippen LogP contribution in [-0.2, 0) is 11.0 Å². The molecule has 136 valence electrons. The van der Waals surface area contributed by atoms with E-state index in [1.165, 1.54) is 6.07 Å². The molecule has 1 fully saturated rings. The van der Waals surface area contributed by atoms with Crippen molar-refractivity contribution < 1.29 is 18.0 Å². The quantitative estimate of drug-likeness (QED) is 0.852. The molecule has 3 unspecified atom stereocenters. The second-order valence-corrected chi connectivity index (χ2v) is 6.42. The summed E-state index contributed by atoms with van der Waals surface area (Å²) >= 11 is 0. The Morgan fingerprint density at radius 2 is 1.83 bits per heavy atom. The molecule has 3 nitrogen and oxygen atoms in total. The molecule has 2 rings (SSSR count). The molecular weight excluding hydrogens is 341 g/mol. The van der Waals surface area contributed by atoms with Crippen LogP contribution in [0.4, 0.5) is 13.2 Å². The Balaban J connectivity index is 0.00000288. The Labute approximate surface area is 146 Å². The van der Waals surface area contributed by atoms with E-state index >= 15 is 0 Å². The minimum atomic E-state index is -4.39. The molecule has 24 heavy (non-hydrogen) atoms. The van der Waals surface area contributed by atoms with E-state index in [2.05, 4.69) is 0 Å². The molecule has 0 spiro atoms. The summed E-state index contributed by atoms with van der Waals surface area (Å²) in [5, 5.41) is 0. The molecule has 3 atom stereocenters. The number of carbonyl (C=O) groups is 1. The van der Waals surface area contributed by atoms with Crippen LogP contribution in [-0.4, -0.2) is 22.9 Å². The van der Waals surface area contributed by atoms with Crippen molar-refractivity contribution in [2.75, 3.05) is 0 Å². The maximum atomic E-state index is 12.9. The lowest BCUT2D eigenvalue weighted by atomic mass is 9.98. The maximum absolute atomic E-state index is 12.9. The Morgan fingerprint density at radius 3 is 2.29 bits per heavy atom. The molecule has 1 aliphatic rings. The lowest BCUT2D eigenvalue weighted by Gasteiger charge is -2.33. The summed E-state index contributed by atoms with van der Waals surface area (Å²) in [4.78, 5) is 14.4. The van der Waals surface area contributed by atoms with E-state index in [9.17, 15) is 18.0 Å². The van der Waals surface area contributed by atoms with Crippen LogP contribution in [0.5, 0.6) is 0 Å². The average Bonchev–Trinajstić information content (AvgIpc) is 3.30. The molecule has 1 aromatic carbocycles. The Morgan fingerprint density at radius 1 is 1.25 bits per heavy atom. The first-order valence-corrected chi connectivity index (χ1v) is 7.88. The Kier molecular flexibility index (Phi) is 6.70. The van der Waals surface area contributed by atoms with Gasteiger partial charge in [-0.3, -0.25) is 4.79 Å². The molecule has 0 aromatic heterocycles. The summed E-state index contributed by atoms with van der Waals surface area (Å²) in [5.41, 5.74) is 5.63. The number of nitrogens with two attached hydrogens (primary N) is 1. The van der Waals surface area contributed by atoms with Gasteiger partial charge in [0.05, 0.1) is 17.5 Å². The molecular formula is C17H24ClF3N2O. The van der Waals surface area contributed by atoms with Gasteiger partial charge in [0.2, 0.25) is 5.91 Å². The summed E-state index contributed by atoms with van der Waals surface area (Å²) < 4.78 is 38.7. The maximum Gasteiger partial charge on any atom is 0.416 e. The highest BCUT2D eigenvalue weighted by molar-refractivity contribution is 5.85. The Hall–Kier alpha value is -1.27. The molecule has 1 aliphatic carbocycles. The van der Waals surface area contributed by atoms with Gasteiger partial charge < -0.3 is 10.6 Å². The first-order valence-electron chi connectivity index (χ1n) is 7.88. The van der Waals surface area contributed by atoms with Gasteiger partial charge in [-0.2, -0.15) is 13.2 Å². The van der Waals surface area contributed by atoms with Crippen molar-refractivity contribution in [3.05, 3.63) is 35.4 Å². The van der Waals surface area contributed by atoms with Gasteiger partial charge in [-0.25, -0.2) is 0 Å². The smallest absolute Gasteiger partial charge is 0.333 e. The number of hydrogen-bond acceptors (Lipinski definition) is 2. The zero-order valence-electron chi connectivity index (χ0n) is 14.0. The summed E-state index contributed by atoms with van der Waals surface area (Å²) in [6.07, 6.45) is -2.61. The molecule has 0 saturated heterocycles. The molecule has 7 heteroatoms. The van der Waals surface area contributed by atoms with Crippen LogP contribution >= 0.6 is 12.4 Å². The number of halogens is 4.